The van der Waals surface area contributed by atoms with Crippen molar-refractivity contribution in [1.82, 2.24) is 0 Å². The highest BCUT2D eigenvalue weighted by Gasteiger charge is 2.06. The molecule has 2 nitrogen and oxygen atoms in total. The van der Waals surface area contributed by atoms with E-state index in [1.54, 1.807) is 7.11 Å². The maximum absolute atomic E-state index is 5.26. The Morgan fingerprint density at radius 2 is 1.95 bits per heavy atom. The maximum atomic E-state index is 5.26. The summed E-state index contributed by atoms with van der Waals surface area (Å²) in [5, 5.41) is 3.55. The Hall–Kier alpha value is -0.700. The molecule has 0 saturated heterocycles. The smallest absolute Gasteiger partial charge is 0.121 e. The zero-order valence-electron chi connectivity index (χ0n) is 12.3. The van der Waals surface area contributed by atoms with Gasteiger partial charge in [-0.1, -0.05) is 39.0 Å². The van der Waals surface area contributed by atoms with Crippen molar-refractivity contribution in [3.63, 3.8) is 0 Å². The van der Waals surface area contributed by atoms with Crippen LogP contribution in [0.2, 0.25) is 0 Å². The minimum Gasteiger partial charge on any atom is -0.497 e. The summed E-state index contributed by atoms with van der Waals surface area (Å²) in [5.74, 6) is 0.890. The highest BCUT2D eigenvalue weighted by atomic mass is 79.9. The van der Waals surface area contributed by atoms with Crippen molar-refractivity contribution < 1.29 is 4.74 Å². The standard InChI is InChI=1S/C16H26BrNO/c1-4-5-6-7-8-9-13(2)18-16-12-14(19-3)10-11-15(16)17/h10-13,18H,4-9H2,1-3H3. The molecule has 1 aromatic rings. The van der Waals surface area contributed by atoms with Crippen LogP contribution >= 0.6 is 15.9 Å². The average Bonchev–Trinajstić information content (AvgIpc) is 2.41. The summed E-state index contributed by atoms with van der Waals surface area (Å²) in [4.78, 5) is 0. The molecule has 1 aromatic carbocycles. The number of hydrogen-bond acceptors (Lipinski definition) is 2. The quantitative estimate of drug-likeness (QED) is 0.594. The summed E-state index contributed by atoms with van der Waals surface area (Å²) in [7, 11) is 1.70. The van der Waals surface area contributed by atoms with E-state index in [0.29, 0.717) is 6.04 Å². The maximum Gasteiger partial charge on any atom is 0.121 e. The molecule has 1 rings (SSSR count). The fraction of sp³-hybridized carbons (Fsp3) is 0.625. The molecule has 0 aromatic heterocycles. The van der Waals surface area contributed by atoms with Crippen molar-refractivity contribution in [2.24, 2.45) is 0 Å². The molecule has 19 heavy (non-hydrogen) atoms. The van der Waals surface area contributed by atoms with E-state index in [0.717, 1.165) is 15.9 Å². The topological polar surface area (TPSA) is 21.3 Å². The second-order valence-electron chi connectivity index (χ2n) is 5.09. The number of methoxy groups -OCH3 is 1. The third-order valence-electron chi connectivity index (χ3n) is 3.32. The molecular formula is C16H26BrNO. The van der Waals surface area contributed by atoms with Crippen molar-refractivity contribution >= 4 is 21.6 Å². The Morgan fingerprint density at radius 3 is 2.63 bits per heavy atom. The van der Waals surface area contributed by atoms with E-state index in [1.807, 2.05) is 18.2 Å². The minimum absolute atomic E-state index is 0.491. The monoisotopic (exact) mass is 327 g/mol. The average molecular weight is 328 g/mol. The first-order valence-electron chi connectivity index (χ1n) is 7.27. The Balaban J connectivity index is 2.37. The van der Waals surface area contributed by atoms with E-state index in [9.17, 15) is 0 Å². The second kappa shape index (κ2) is 9.24. The van der Waals surface area contributed by atoms with E-state index in [-0.39, 0.29) is 0 Å². The van der Waals surface area contributed by atoms with Gasteiger partial charge in [0.15, 0.2) is 0 Å². The molecule has 1 unspecified atom stereocenters. The van der Waals surface area contributed by atoms with E-state index < -0.39 is 0 Å². The number of hydrogen-bond donors (Lipinski definition) is 1. The van der Waals surface area contributed by atoms with Crippen LogP contribution in [-0.4, -0.2) is 13.2 Å². The highest BCUT2D eigenvalue weighted by molar-refractivity contribution is 9.10. The molecule has 0 aliphatic carbocycles. The number of unbranched alkanes of at least 4 members (excludes halogenated alkanes) is 4. The van der Waals surface area contributed by atoms with Crippen LogP contribution in [0.4, 0.5) is 5.69 Å². The van der Waals surface area contributed by atoms with E-state index in [2.05, 4.69) is 35.1 Å². The van der Waals surface area contributed by atoms with Crippen LogP contribution < -0.4 is 10.1 Å². The van der Waals surface area contributed by atoms with Crippen LogP contribution in [0.1, 0.15) is 52.4 Å². The zero-order valence-corrected chi connectivity index (χ0v) is 13.9. The summed E-state index contributed by atoms with van der Waals surface area (Å²) in [6.07, 6.45) is 7.90. The van der Waals surface area contributed by atoms with Crippen molar-refractivity contribution in [2.75, 3.05) is 12.4 Å². The molecule has 0 aliphatic heterocycles. The van der Waals surface area contributed by atoms with Crippen LogP contribution in [0.15, 0.2) is 22.7 Å². The zero-order chi connectivity index (χ0) is 14.1. The number of halogens is 1. The minimum atomic E-state index is 0.491. The molecule has 0 bridgehead atoms. The van der Waals surface area contributed by atoms with Crippen LogP contribution in [0, 0.1) is 0 Å². The third-order valence-corrected chi connectivity index (χ3v) is 4.01. The van der Waals surface area contributed by atoms with Crippen molar-refractivity contribution in [3.8, 4) is 5.75 Å². The van der Waals surface area contributed by atoms with Gasteiger partial charge in [0.1, 0.15) is 5.75 Å². The van der Waals surface area contributed by atoms with Gasteiger partial charge in [-0.2, -0.15) is 0 Å². The lowest BCUT2D eigenvalue weighted by molar-refractivity contribution is 0.415. The lowest BCUT2D eigenvalue weighted by Gasteiger charge is -2.17. The molecule has 1 atom stereocenters. The number of nitrogens with one attached hydrogen (secondary N) is 1. The predicted molar refractivity (Wildman–Crippen MR) is 87.2 cm³/mol. The molecular weight excluding hydrogens is 302 g/mol. The van der Waals surface area contributed by atoms with Gasteiger partial charge >= 0.3 is 0 Å². The summed E-state index contributed by atoms with van der Waals surface area (Å²) in [5.41, 5.74) is 1.11. The van der Waals surface area contributed by atoms with Gasteiger partial charge in [0, 0.05) is 16.6 Å². The molecule has 0 saturated carbocycles. The van der Waals surface area contributed by atoms with E-state index in [1.165, 1.54) is 38.5 Å². The molecule has 0 aliphatic rings. The van der Waals surface area contributed by atoms with Gasteiger partial charge < -0.3 is 10.1 Å². The lowest BCUT2D eigenvalue weighted by atomic mass is 10.1. The molecule has 1 N–H and O–H groups in total. The first-order chi connectivity index (χ1) is 9.17. The van der Waals surface area contributed by atoms with Crippen LogP contribution in [-0.2, 0) is 0 Å². The Morgan fingerprint density at radius 1 is 1.21 bits per heavy atom. The number of anilines is 1. The lowest BCUT2D eigenvalue weighted by Crippen LogP contribution is -2.15. The normalized spacial score (nSPS) is 12.2. The van der Waals surface area contributed by atoms with Gasteiger partial charge in [0.25, 0.3) is 0 Å². The van der Waals surface area contributed by atoms with Gasteiger partial charge in [0.05, 0.1) is 12.8 Å². The molecule has 0 spiro atoms. The van der Waals surface area contributed by atoms with Gasteiger partial charge in [-0.15, -0.1) is 0 Å². The third kappa shape index (κ3) is 6.33. The number of benzene rings is 1. The molecule has 0 radical (unpaired) electrons. The summed E-state index contributed by atoms with van der Waals surface area (Å²) in [6.45, 7) is 4.50. The Labute approximate surface area is 126 Å². The summed E-state index contributed by atoms with van der Waals surface area (Å²) < 4.78 is 6.35. The largest absolute Gasteiger partial charge is 0.497 e. The molecule has 0 fully saturated rings. The van der Waals surface area contributed by atoms with Crippen LogP contribution in [0.3, 0.4) is 0 Å². The second-order valence-corrected chi connectivity index (χ2v) is 5.95. The fourth-order valence-electron chi connectivity index (χ4n) is 2.13. The Kier molecular flexibility index (Phi) is 7.96. The van der Waals surface area contributed by atoms with Gasteiger partial charge in [0.2, 0.25) is 0 Å². The van der Waals surface area contributed by atoms with Gasteiger partial charge in [-0.3, -0.25) is 0 Å². The van der Waals surface area contributed by atoms with Gasteiger partial charge in [-0.25, -0.2) is 0 Å². The van der Waals surface area contributed by atoms with Crippen molar-refractivity contribution in [2.45, 2.75) is 58.4 Å². The first-order valence-corrected chi connectivity index (χ1v) is 8.06. The SMILES string of the molecule is CCCCCCCC(C)Nc1cc(OC)ccc1Br. The molecule has 3 heteroatoms. The molecule has 108 valence electrons. The fourth-order valence-corrected chi connectivity index (χ4v) is 2.49. The summed E-state index contributed by atoms with van der Waals surface area (Å²) >= 11 is 3.57. The van der Waals surface area contributed by atoms with Gasteiger partial charge in [-0.05, 0) is 41.4 Å². The Bertz CT molecular complexity index is 368. The summed E-state index contributed by atoms with van der Waals surface area (Å²) in [6, 6.07) is 6.52. The first kappa shape index (κ1) is 16.4. The van der Waals surface area contributed by atoms with Crippen molar-refractivity contribution in [3.05, 3.63) is 22.7 Å². The predicted octanol–water partition coefficient (Wildman–Crippen LogP) is 5.62. The number of ether oxygens (including phenoxy) is 1. The van der Waals surface area contributed by atoms with Crippen molar-refractivity contribution in [1.29, 1.82) is 0 Å². The molecule has 0 heterocycles. The van der Waals surface area contributed by atoms with Crippen LogP contribution in [0.5, 0.6) is 5.75 Å². The number of rotatable bonds is 9. The van der Waals surface area contributed by atoms with Crippen LogP contribution in [0.25, 0.3) is 0 Å². The van der Waals surface area contributed by atoms with E-state index in [4.69, 9.17) is 4.74 Å². The highest BCUT2D eigenvalue weighted by Crippen LogP contribution is 2.28. The van der Waals surface area contributed by atoms with E-state index >= 15 is 0 Å². The molecule has 0 amide bonds.